The van der Waals surface area contributed by atoms with Crippen LogP contribution in [-0.4, -0.2) is 22.0 Å². The van der Waals surface area contributed by atoms with Crippen LogP contribution in [-0.2, 0) is 4.74 Å². The molecule has 0 atom stereocenters. The fourth-order valence-electron chi connectivity index (χ4n) is 1.01. The van der Waals surface area contributed by atoms with E-state index in [2.05, 4.69) is 33.9 Å². The van der Waals surface area contributed by atoms with Gasteiger partial charge in [-0.2, -0.15) is 0 Å². The van der Waals surface area contributed by atoms with Crippen LogP contribution in [0.2, 0.25) is 18.1 Å². The molecule has 0 amide bonds. The van der Waals surface area contributed by atoms with Crippen molar-refractivity contribution in [3.63, 3.8) is 0 Å². The van der Waals surface area contributed by atoms with E-state index >= 15 is 0 Å². The largest absolute Gasteiger partial charge is 0.382 e. The Morgan fingerprint density at radius 3 is 2.25 bits per heavy atom. The van der Waals surface area contributed by atoms with Crippen molar-refractivity contribution in [1.82, 2.24) is 0 Å². The molecule has 73 valence electrons. The summed E-state index contributed by atoms with van der Waals surface area (Å²) in [5.41, 5.74) is 0. The lowest BCUT2D eigenvalue weighted by Gasteiger charge is -2.27. The summed E-state index contributed by atoms with van der Waals surface area (Å²) in [5.74, 6) is 0. The predicted molar refractivity (Wildman–Crippen MR) is 57.3 cm³/mol. The Bertz CT molecular complexity index is 110. The van der Waals surface area contributed by atoms with Crippen molar-refractivity contribution in [2.24, 2.45) is 0 Å². The first-order chi connectivity index (χ1) is 5.50. The maximum Gasteiger partial charge on any atom is 0.0473 e. The smallest absolute Gasteiger partial charge is 0.0473 e. The standard InChI is InChI=1S/C10H23OSi/c1-6-11-9-7-8-10(2,3)12(4)5/h6-9H2,1-5H3. The lowest BCUT2D eigenvalue weighted by atomic mass is 10.1. The van der Waals surface area contributed by atoms with Crippen LogP contribution >= 0.6 is 0 Å². The molecule has 0 spiro atoms. The van der Waals surface area contributed by atoms with E-state index in [0.717, 1.165) is 13.2 Å². The quantitative estimate of drug-likeness (QED) is 0.458. The van der Waals surface area contributed by atoms with Crippen LogP contribution < -0.4 is 0 Å². The lowest BCUT2D eigenvalue weighted by Crippen LogP contribution is -2.21. The average molecular weight is 187 g/mol. The molecule has 12 heavy (non-hydrogen) atoms. The third-order valence-corrected chi connectivity index (χ3v) is 5.61. The second-order valence-electron chi connectivity index (χ2n) is 4.18. The zero-order chi connectivity index (χ0) is 9.61. The summed E-state index contributed by atoms with van der Waals surface area (Å²) >= 11 is 0. The fourth-order valence-corrected chi connectivity index (χ4v) is 1.69. The van der Waals surface area contributed by atoms with Crippen molar-refractivity contribution >= 4 is 8.80 Å². The Labute approximate surface area is 79.1 Å². The second kappa shape index (κ2) is 5.76. The van der Waals surface area contributed by atoms with Gasteiger partial charge in [0.1, 0.15) is 0 Å². The minimum Gasteiger partial charge on any atom is -0.382 e. The zero-order valence-corrected chi connectivity index (χ0v) is 10.2. The Kier molecular flexibility index (Phi) is 5.84. The fraction of sp³-hybridized carbons (Fsp3) is 1.00. The summed E-state index contributed by atoms with van der Waals surface area (Å²) in [5, 5.41) is 0.571. The molecule has 2 heteroatoms. The predicted octanol–water partition coefficient (Wildman–Crippen LogP) is 3.34. The van der Waals surface area contributed by atoms with Crippen LogP contribution in [0, 0.1) is 0 Å². The van der Waals surface area contributed by atoms with Crippen LogP contribution in [0.3, 0.4) is 0 Å². The summed E-state index contributed by atoms with van der Waals surface area (Å²) < 4.78 is 5.32. The van der Waals surface area contributed by atoms with E-state index in [4.69, 9.17) is 4.74 Å². The summed E-state index contributed by atoms with van der Waals surface area (Å²) in [6, 6.07) is 0. The molecule has 0 rings (SSSR count). The highest BCUT2D eigenvalue weighted by molar-refractivity contribution is 6.59. The Balaban J connectivity index is 3.47. The summed E-state index contributed by atoms with van der Waals surface area (Å²) in [4.78, 5) is 0. The first-order valence-electron chi connectivity index (χ1n) is 4.89. The first-order valence-corrected chi connectivity index (χ1v) is 7.39. The van der Waals surface area contributed by atoms with Crippen LogP contribution in [0.15, 0.2) is 0 Å². The molecule has 0 N–H and O–H groups in total. The number of hydrogen-bond donors (Lipinski definition) is 0. The monoisotopic (exact) mass is 187 g/mol. The normalized spacial score (nSPS) is 12.5. The maximum atomic E-state index is 5.32. The average Bonchev–Trinajstić information content (AvgIpc) is 1.98. The summed E-state index contributed by atoms with van der Waals surface area (Å²) in [7, 11) is -0.153. The van der Waals surface area contributed by atoms with Gasteiger partial charge in [-0.25, -0.2) is 0 Å². The van der Waals surface area contributed by atoms with Crippen molar-refractivity contribution in [3.05, 3.63) is 0 Å². The number of rotatable bonds is 6. The SMILES string of the molecule is CCOCCCC(C)(C)[Si](C)C. The van der Waals surface area contributed by atoms with E-state index in [9.17, 15) is 0 Å². The van der Waals surface area contributed by atoms with Crippen molar-refractivity contribution < 1.29 is 4.74 Å². The van der Waals surface area contributed by atoms with E-state index < -0.39 is 0 Å². The molecule has 0 saturated heterocycles. The van der Waals surface area contributed by atoms with Gasteiger partial charge in [-0.3, -0.25) is 0 Å². The third kappa shape index (κ3) is 4.94. The lowest BCUT2D eigenvalue weighted by molar-refractivity contribution is 0.141. The highest BCUT2D eigenvalue weighted by Gasteiger charge is 2.22. The van der Waals surface area contributed by atoms with Gasteiger partial charge >= 0.3 is 0 Å². The topological polar surface area (TPSA) is 9.23 Å². The summed E-state index contributed by atoms with van der Waals surface area (Å²) in [6.45, 7) is 13.4. The molecule has 1 nitrogen and oxygen atoms in total. The Hall–Kier alpha value is 0.177. The van der Waals surface area contributed by atoms with Crippen molar-refractivity contribution in [2.75, 3.05) is 13.2 Å². The molecule has 0 bridgehead atoms. The van der Waals surface area contributed by atoms with Gasteiger partial charge in [0.15, 0.2) is 0 Å². The number of hydrogen-bond acceptors (Lipinski definition) is 1. The van der Waals surface area contributed by atoms with Gasteiger partial charge in [-0.05, 0) is 24.8 Å². The molecule has 0 aliphatic carbocycles. The molecule has 0 heterocycles. The molecule has 1 radical (unpaired) electrons. The molecule has 0 saturated carbocycles. The van der Waals surface area contributed by atoms with Crippen LogP contribution in [0.25, 0.3) is 0 Å². The molecular weight excluding hydrogens is 164 g/mol. The van der Waals surface area contributed by atoms with Crippen LogP contribution in [0.4, 0.5) is 0 Å². The highest BCUT2D eigenvalue weighted by Crippen LogP contribution is 2.33. The minimum absolute atomic E-state index is 0.153. The van der Waals surface area contributed by atoms with Gasteiger partial charge in [-0.1, -0.05) is 26.9 Å². The Morgan fingerprint density at radius 1 is 1.25 bits per heavy atom. The maximum absolute atomic E-state index is 5.32. The van der Waals surface area contributed by atoms with Gasteiger partial charge in [0.2, 0.25) is 0 Å². The van der Waals surface area contributed by atoms with E-state index in [-0.39, 0.29) is 8.80 Å². The Morgan fingerprint density at radius 2 is 1.83 bits per heavy atom. The van der Waals surface area contributed by atoms with E-state index in [1.807, 2.05) is 0 Å². The van der Waals surface area contributed by atoms with Crippen LogP contribution in [0.5, 0.6) is 0 Å². The van der Waals surface area contributed by atoms with Gasteiger partial charge in [0, 0.05) is 22.0 Å². The second-order valence-corrected chi connectivity index (χ2v) is 7.54. The molecule has 0 aromatic rings. The summed E-state index contributed by atoms with van der Waals surface area (Å²) in [6.07, 6.45) is 2.53. The van der Waals surface area contributed by atoms with Crippen molar-refractivity contribution in [1.29, 1.82) is 0 Å². The molecular formula is C10H23OSi. The third-order valence-electron chi connectivity index (χ3n) is 2.65. The highest BCUT2D eigenvalue weighted by atomic mass is 28.3. The molecule has 0 aromatic carbocycles. The molecule has 0 aliphatic heterocycles. The molecule has 0 unspecified atom stereocenters. The molecule has 0 aliphatic rings. The minimum atomic E-state index is -0.153. The first kappa shape index (κ1) is 12.2. The van der Waals surface area contributed by atoms with Crippen LogP contribution in [0.1, 0.15) is 33.6 Å². The van der Waals surface area contributed by atoms with E-state index in [1.54, 1.807) is 0 Å². The van der Waals surface area contributed by atoms with E-state index in [1.165, 1.54) is 12.8 Å². The van der Waals surface area contributed by atoms with Gasteiger partial charge < -0.3 is 4.74 Å². The van der Waals surface area contributed by atoms with Gasteiger partial charge in [0.25, 0.3) is 0 Å². The van der Waals surface area contributed by atoms with E-state index in [0.29, 0.717) is 5.04 Å². The molecule has 0 fully saturated rings. The van der Waals surface area contributed by atoms with Gasteiger partial charge in [0.05, 0.1) is 0 Å². The van der Waals surface area contributed by atoms with Gasteiger partial charge in [-0.15, -0.1) is 0 Å². The van der Waals surface area contributed by atoms with Crippen molar-refractivity contribution in [3.8, 4) is 0 Å². The number of ether oxygens (including phenoxy) is 1. The molecule has 0 aromatic heterocycles. The van der Waals surface area contributed by atoms with Crippen molar-refractivity contribution in [2.45, 2.75) is 51.7 Å². The zero-order valence-electron chi connectivity index (χ0n) is 9.24.